The van der Waals surface area contributed by atoms with E-state index in [-0.39, 0.29) is 18.6 Å². The molecule has 27 heavy (non-hydrogen) atoms. The number of carboxylic acid groups (broad SMARTS) is 1. The van der Waals surface area contributed by atoms with Crippen LogP contribution in [0.1, 0.15) is 19.4 Å². The molecule has 0 saturated carbocycles. The molecule has 1 atom stereocenters. The normalized spacial score (nSPS) is 16.5. The molecular formula is C16H25N2O7PS. The van der Waals surface area contributed by atoms with Gasteiger partial charge in [0.1, 0.15) is 11.4 Å². The summed E-state index contributed by atoms with van der Waals surface area (Å²) in [6.45, 7) is 3.92. The van der Waals surface area contributed by atoms with Gasteiger partial charge in [-0.1, -0.05) is 12.1 Å². The number of benzene rings is 1. The SMILES string of the molecule is COP(=O)(CCN[S+]([O-])CN(C(=O)O)c1cccc2c1OC(C)(C)C2)OC. The Balaban J connectivity index is 2.06. The van der Waals surface area contributed by atoms with Crippen molar-refractivity contribution in [3.63, 3.8) is 0 Å². The molecule has 9 nitrogen and oxygen atoms in total. The van der Waals surface area contributed by atoms with Gasteiger partial charge >= 0.3 is 13.7 Å². The van der Waals surface area contributed by atoms with Gasteiger partial charge in [0.15, 0.2) is 0 Å². The van der Waals surface area contributed by atoms with Crippen LogP contribution in [-0.2, 0) is 31.4 Å². The van der Waals surface area contributed by atoms with Gasteiger partial charge < -0.3 is 23.4 Å². The molecule has 1 aromatic carbocycles. The van der Waals surface area contributed by atoms with Gasteiger partial charge in [-0.2, -0.15) is 0 Å². The fourth-order valence-electron chi connectivity index (χ4n) is 2.76. The maximum atomic E-state index is 12.3. The molecule has 0 spiro atoms. The Morgan fingerprint density at radius 1 is 1.44 bits per heavy atom. The lowest BCUT2D eigenvalue weighted by molar-refractivity contribution is 0.138. The predicted octanol–water partition coefficient (Wildman–Crippen LogP) is 2.58. The first-order valence-electron chi connectivity index (χ1n) is 8.24. The molecule has 0 fully saturated rings. The molecule has 152 valence electrons. The summed E-state index contributed by atoms with van der Waals surface area (Å²) in [6.07, 6.45) is -0.572. The van der Waals surface area contributed by atoms with Crippen molar-refractivity contribution in [2.24, 2.45) is 0 Å². The van der Waals surface area contributed by atoms with Gasteiger partial charge in [0.25, 0.3) is 0 Å². The van der Waals surface area contributed by atoms with E-state index in [1.807, 2.05) is 19.9 Å². The van der Waals surface area contributed by atoms with Crippen LogP contribution in [0.5, 0.6) is 5.75 Å². The Morgan fingerprint density at radius 3 is 2.70 bits per heavy atom. The molecule has 1 aliphatic heterocycles. The first-order chi connectivity index (χ1) is 12.6. The number of para-hydroxylation sites is 1. The summed E-state index contributed by atoms with van der Waals surface area (Å²) in [5.41, 5.74) is 0.824. The number of hydrogen-bond acceptors (Lipinski definition) is 7. The standard InChI is InChI=1S/C16H25N2O7PS/c1-16(2)10-12-6-5-7-13(14(12)25-16)18(15(19)20)11-27(22)17-8-9-26(21,23-3)24-4/h5-7,17H,8-11H2,1-4H3,(H,19,20). The number of fused-ring (bicyclic) bond motifs is 1. The third kappa shape index (κ3) is 5.60. The number of nitrogens with one attached hydrogen (secondary N) is 1. The maximum Gasteiger partial charge on any atom is 0.415 e. The van der Waals surface area contributed by atoms with E-state index < -0.39 is 30.7 Å². The van der Waals surface area contributed by atoms with Gasteiger partial charge in [0, 0.05) is 26.2 Å². The third-order valence-corrected chi connectivity index (χ3v) is 6.95. The summed E-state index contributed by atoms with van der Waals surface area (Å²) < 4.78 is 42.4. The van der Waals surface area contributed by atoms with Crippen LogP contribution in [0.2, 0.25) is 0 Å². The fourth-order valence-corrected chi connectivity index (χ4v) is 4.71. The number of nitrogens with zero attached hydrogens (tertiary/aromatic N) is 1. The molecule has 0 aromatic heterocycles. The minimum absolute atomic E-state index is 0.0108. The van der Waals surface area contributed by atoms with E-state index in [0.717, 1.165) is 10.5 Å². The van der Waals surface area contributed by atoms with Crippen molar-refractivity contribution in [2.45, 2.75) is 25.9 Å². The highest BCUT2D eigenvalue weighted by atomic mass is 32.2. The first-order valence-corrected chi connectivity index (χ1v) is 11.3. The van der Waals surface area contributed by atoms with Crippen LogP contribution in [-0.4, -0.2) is 54.2 Å². The Hall–Kier alpha value is -1.29. The molecule has 11 heteroatoms. The number of rotatable bonds is 9. The summed E-state index contributed by atoms with van der Waals surface area (Å²) in [5.74, 6) is 0.185. The van der Waals surface area contributed by atoms with Crippen molar-refractivity contribution < 1.29 is 32.8 Å². The maximum absolute atomic E-state index is 12.3. The van der Waals surface area contributed by atoms with Gasteiger partial charge in [0.2, 0.25) is 5.88 Å². The summed E-state index contributed by atoms with van der Waals surface area (Å²) in [4.78, 5) is 12.7. The second-order valence-electron chi connectivity index (χ2n) is 6.58. The van der Waals surface area contributed by atoms with Crippen LogP contribution in [0, 0.1) is 0 Å². The number of hydrogen-bond donors (Lipinski definition) is 2. The first kappa shape index (κ1) is 22.0. The number of anilines is 1. The predicted molar refractivity (Wildman–Crippen MR) is 103 cm³/mol. The van der Waals surface area contributed by atoms with E-state index in [4.69, 9.17) is 13.8 Å². The van der Waals surface area contributed by atoms with Crippen LogP contribution < -0.4 is 14.4 Å². The molecular weight excluding hydrogens is 395 g/mol. The van der Waals surface area contributed by atoms with E-state index >= 15 is 0 Å². The lowest BCUT2D eigenvalue weighted by atomic mass is 10.0. The van der Waals surface area contributed by atoms with Crippen LogP contribution in [0.4, 0.5) is 10.5 Å². The number of ether oxygens (including phenoxy) is 1. The largest absolute Gasteiger partial charge is 0.597 e. The molecule has 1 aromatic rings. The smallest absolute Gasteiger partial charge is 0.415 e. The third-order valence-electron chi connectivity index (χ3n) is 4.04. The zero-order valence-corrected chi connectivity index (χ0v) is 17.5. The van der Waals surface area contributed by atoms with E-state index in [1.165, 1.54) is 14.2 Å². The lowest BCUT2D eigenvalue weighted by Crippen LogP contribution is -2.41. The molecule has 1 unspecified atom stereocenters. The van der Waals surface area contributed by atoms with Crippen molar-refractivity contribution in [1.82, 2.24) is 4.72 Å². The van der Waals surface area contributed by atoms with Crippen molar-refractivity contribution in [3.8, 4) is 5.75 Å². The lowest BCUT2D eigenvalue weighted by Gasteiger charge is -2.24. The molecule has 1 amide bonds. The number of carbonyl (C=O) groups is 1. The average molecular weight is 420 g/mol. The number of amides is 1. The topological polar surface area (TPSA) is 120 Å². The molecule has 0 aliphatic carbocycles. The highest BCUT2D eigenvalue weighted by molar-refractivity contribution is 7.89. The Morgan fingerprint density at radius 2 is 2.11 bits per heavy atom. The molecule has 1 heterocycles. The Labute approximate surface area is 161 Å². The highest BCUT2D eigenvalue weighted by Crippen LogP contribution is 2.45. The minimum atomic E-state index is -3.22. The van der Waals surface area contributed by atoms with E-state index in [9.17, 15) is 19.0 Å². The summed E-state index contributed by atoms with van der Waals surface area (Å²) >= 11 is -1.72. The van der Waals surface area contributed by atoms with Crippen LogP contribution >= 0.6 is 7.60 Å². The molecule has 0 bridgehead atoms. The minimum Gasteiger partial charge on any atom is -0.597 e. The monoisotopic (exact) mass is 420 g/mol. The molecule has 0 saturated heterocycles. The fraction of sp³-hybridized carbons (Fsp3) is 0.562. The summed E-state index contributed by atoms with van der Waals surface area (Å²) in [5, 5.41) is 9.59. The quantitative estimate of drug-likeness (QED) is 0.462. The van der Waals surface area contributed by atoms with E-state index in [0.29, 0.717) is 17.9 Å². The molecule has 1 aliphatic rings. The molecule has 0 radical (unpaired) electrons. The van der Waals surface area contributed by atoms with Gasteiger partial charge in [-0.3, -0.25) is 4.57 Å². The van der Waals surface area contributed by atoms with E-state index in [2.05, 4.69) is 4.72 Å². The van der Waals surface area contributed by atoms with Crippen molar-refractivity contribution in [2.75, 3.05) is 37.7 Å². The van der Waals surface area contributed by atoms with Gasteiger partial charge in [-0.05, 0) is 19.9 Å². The van der Waals surface area contributed by atoms with E-state index in [1.54, 1.807) is 12.1 Å². The zero-order valence-electron chi connectivity index (χ0n) is 15.8. The van der Waals surface area contributed by atoms with Crippen LogP contribution in [0.25, 0.3) is 0 Å². The summed E-state index contributed by atoms with van der Waals surface area (Å²) in [6, 6.07) is 5.25. The second kappa shape index (κ2) is 8.81. The van der Waals surface area contributed by atoms with Crippen molar-refractivity contribution in [1.29, 1.82) is 0 Å². The zero-order chi connectivity index (χ0) is 20.2. The van der Waals surface area contributed by atoms with Crippen LogP contribution in [0.15, 0.2) is 18.2 Å². The van der Waals surface area contributed by atoms with Crippen molar-refractivity contribution in [3.05, 3.63) is 23.8 Å². The molecule has 2 N–H and O–H groups in total. The second-order valence-corrected chi connectivity index (χ2v) is 10.2. The van der Waals surface area contributed by atoms with Crippen molar-refractivity contribution >= 4 is 30.7 Å². The molecule has 2 rings (SSSR count). The van der Waals surface area contributed by atoms with Gasteiger partial charge in [0.05, 0.1) is 29.8 Å². The Kier molecular flexibility index (Phi) is 7.18. The van der Waals surface area contributed by atoms with Gasteiger partial charge in [-0.25, -0.2) is 9.69 Å². The van der Waals surface area contributed by atoms with Crippen LogP contribution in [0.3, 0.4) is 0 Å². The van der Waals surface area contributed by atoms with Gasteiger partial charge in [-0.15, -0.1) is 4.72 Å². The highest BCUT2D eigenvalue weighted by Gasteiger charge is 2.35. The average Bonchev–Trinajstić information content (AvgIpc) is 2.93. The Bertz CT molecular complexity index is 723. The summed E-state index contributed by atoms with van der Waals surface area (Å²) in [7, 11) is -0.684.